The van der Waals surface area contributed by atoms with Gasteiger partial charge in [-0.3, -0.25) is 4.79 Å². The van der Waals surface area contributed by atoms with Gasteiger partial charge < -0.3 is 19.9 Å². The topological polar surface area (TPSA) is 93.6 Å². The summed E-state index contributed by atoms with van der Waals surface area (Å²) in [6, 6.07) is -0.764. The van der Waals surface area contributed by atoms with E-state index in [9.17, 15) is 4.79 Å². The van der Waals surface area contributed by atoms with Crippen molar-refractivity contribution in [2.24, 2.45) is 0 Å². The van der Waals surface area contributed by atoms with Crippen molar-refractivity contribution in [1.82, 2.24) is 9.97 Å². The van der Waals surface area contributed by atoms with Crippen molar-refractivity contribution in [2.45, 2.75) is 26.2 Å². The number of aromatic nitrogens is 2. The van der Waals surface area contributed by atoms with Gasteiger partial charge in [0.15, 0.2) is 0 Å². The Labute approximate surface area is 97.8 Å². The molecule has 0 radical (unpaired) electrons. The van der Waals surface area contributed by atoms with Crippen LogP contribution in [0.15, 0.2) is 0 Å². The van der Waals surface area contributed by atoms with Crippen LogP contribution in [0.3, 0.4) is 0 Å². The fraction of sp³-hybridized carbons (Fsp3) is 0.500. The number of aliphatic carboxylic acids is 1. The number of nitrogens with zero attached hydrogens (tertiary/aromatic N) is 2. The molecule has 2 heterocycles. The van der Waals surface area contributed by atoms with Crippen LogP contribution < -0.4 is 10.1 Å². The van der Waals surface area contributed by atoms with E-state index < -0.39 is 12.0 Å². The largest absolute Gasteiger partial charge is 0.481 e. The summed E-state index contributed by atoms with van der Waals surface area (Å²) >= 11 is 0. The number of hydrogen-bond acceptors (Lipinski definition) is 6. The van der Waals surface area contributed by atoms with E-state index in [4.69, 9.17) is 14.6 Å². The summed E-state index contributed by atoms with van der Waals surface area (Å²) in [6.07, 6.45) is 0. The first-order valence-corrected chi connectivity index (χ1v) is 5.12. The smallest absolute Gasteiger partial charge is 0.325 e. The molecule has 1 atom stereocenters. The van der Waals surface area contributed by atoms with Crippen LogP contribution in [0.4, 0.5) is 5.95 Å². The van der Waals surface area contributed by atoms with Gasteiger partial charge in [-0.2, -0.15) is 4.98 Å². The number of methoxy groups -OCH3 is 1. The van der Waals surface area contributed by atoms with Crippen molar-refractivity contribution in [2.75, 3.05) is 12.4 Å². The lowest BCUT2D eigenvalue weighted by atomic mass is 10.2. The zero-order chi connectivity index (χ0) is 12.4. The van der Waals surface area contributed by atoms with E-state index >= 15 is 0 Å². The van der Waals surface area contributed by atoms with E-state index in [1.807, 2.05) is 0 Å². The zero-order valence-corrected chi connectivity index (χ0v) is 9.56. The van der Waals surface area contributed by atoms with Crippen molar-refractivity contribution in [1.29, 1.82) is 0 Å². The molecule has 0 saturated heterocycles. The molecule has 0 fully saturated rings. The summed E-state index contributed by atoms with van der Waals surface area (Å²) in [6.45, 7) is 2.33. The van der Waals surface area contributed by atoms with Crippen molar-refractivity contribution < 1.29 is 19.4 Å². The molecule has 1 aliphatic heterocycles. The third-order valence-corrected chi connectivity index (χ3v) is 2.45. The average Bonchev–Trinajstić information content (AvgIpc) is 2.75. The van der Waals surface area contributed by atoms with Crippen LogP contribution in [0.5, 0.6) is 5.88 Å². The van der Waals surface area contributed by atoms with Crippen molar-refractivity contribution in [3.8, 4) is 5.88 Å². The summed E-state index contributed by atoms with van der Waals surface area (Å²) in [7, 11) is 1.51. The van der Waals surface area contributed by atoms with Gasteiger partial charge in [-0.15, -0.1) is 0 Å². The van der Waals surface area contributed by atoms with Gasteiger partial charge in [0.2, 0.25) is 11.8 Å². The Balaban J connectivity index is 2.27. The SMILES string of the molecule is COc1nc(NC(C)C(=O)O)nc2c1COC2. The Morgan fingerprint density at radius 1 is 1.53 bits per heavy atom. The number of hydrogen-bond donors (Lipinski definition) is 2. The first-order valence-electron chi connectivity index (χ1n) is 5.12. The number of carboxylic acid groups (broad SMARTS) is 1. The molecule has 7 nitrogen and oxygen atoms in total. The van der Waals surface area contributed by atoms with E-state index in [1.54, 1.807) is 0 Å². The van der Waals surface area contributed by atoms with Crippen LogP contribution in [0.2, 0.25) is 0 Å². The van der Waals surface area contributed by atoms with Crippen LogP contribution in [0.1, 0.15) is 18.2 Å². The quantitative estimate of drug-likeness (QED) is 0.785. The van der Waals surface area contributed by atoms with Crippen molar-refractivity contribution >= 4 is 11.9 Å². The lowest BCUT2D eigenvalue weighted by Gasteiger charge is -2.11. The van der Waals surface area contributed by atoms with Crippen LogP contribution >= 0.6 is 0 Å². The number of anilines is 1. The maximum Gasteiger partial charge on any atom is 0.325 e. The van der Waals surface area contributed by atoms with Gasteiger partial charge in [-0.1, -0.05) is 0 Å². The highest BCUT2D eigenvalue weighted by Crippen LogP contribution is 2.27. The summed E-state index contributed by atoms with van der Waals surface area (Å²) in [4.78, 5) is 19.0. The van der Waals surface area contributed by atoms with Crippen molar-refractivity contribution in [3.63, 3.8) is 0 Å². The molecule has 0 spiro atoms. The summed E-state index contributed by atoms with van der Waals surface area (Å²) in [5.74, 6) is -0.307. The van der Waals surface area contributed by atoms with Crippen LogP contribution in [-0.4, -0.2) is 34.2 Å². The minimum Gasteiger partial charge on any atom is -0.481 e. The standard InChI is InChI=1S/C10H13N3O4/c1-5(9(14)15)11-10-12-7-4-17-3-6(7)8(13-10)16-2/h5H,3-4H2,1-2H3,(H,14,15)(H,11,12,13). The molecule has 0 bridgehead atoms. The van der Waals surface area contributed by atoms with Gasteiger partial charge in [0, 0.05) is 0 Å². The fourth-order valence-corrected chi connectivity index (χ4v) is 1.51. The summed E-state index contributed by atoms with van der Waals surface area (Å²) < 4.78 is 10.4. The Bertz CT molecular complexity index is 449. The molecule has 0 amide bonds. The fourth-order valence-electron chi connectivity index (χ4n) is 1.51. The maximum absolute atomic E-state index is 10.7. The minimum absolute atomic E-state index is 0.237. The maximum atomic E-state index is 10.7. The number of nitrogens with one attached hydrogen (secondary N) is 1. The Morgan fingerprint density at radius 3 is 2.94 bits per heavy atom. The molecule has 2 N–H and O–H groups in total. The number of rotatable bonds is 4. The average molecular weight is 239 g/mol. The Kier molecular flexibility index (Phi) is 3.10. The number of carboxylic acids is 1. The third-order valence-electron chi connectivity index (χ3n) is 2.45. The molecule has 1 aliphatic rings. The summed E-state index contributed by atoms with van der Waals surface area (Å²) in [5.41, 5.74) is 1.55. The van der Waals surface area contributed by atoms with E-state index in [-0.39, 0.29) is 5.95 Å². The predicted molar refractivity (Wildman–Crippen MR) is 57.8 cm³/mol. The van der Waals surface area contributed by atoms with Crippen LogP contribution in [0, 0.1) is 0 Å². The first-order chi connectivity index (χ1) is 8.11. The number of carbonyl (C=O) groups is 1. The van der Waals surface area contributed by atoms with Crippen molar-refractivity contribution in [3.05, 3.63) is 11.3 Å². The van der Waals surface area contributed by atoms with Gasteiger partial charge in [0.05, 0.1) is 31.6 Å². The van der Waals surface area contributed by atoms with E-state index in [0.717, 1.165) is 11.3 Å². The lowest BCUT2D eigenvalue weighted by Crippen LogP contribution is -2.26. The Morgan fingerprint density at radius 2 is 2.29 bits per heavy atom. The van der Waals surface area contributed by atoms with Gasteiger partial charge in [0.25, 0.3) is 0 Å². The molecule has 17 heavy (non-hydrogen) atoms. The van der Waals surface area contributed by atoms with Gasteiger partial charge in [-0.05, 0) is 6.92 Å². The zero-order valence-electron chi connectivity index (χ0n) is 9.56. The van der Waals surface area contributed by atoms with E-state index in [1.165, 1.54) is 14.0 Å². The molecule has 1 aromatic rings. The van der Waals surface area contributed by atoms with E-state index in [2.05, 4.69) is 15.3 Å². The van der Waals surface area contributed by atoms with Gasteiger partial charge in [-0.25, -0.2) is 4.98 Å². The molecule has 1 aromatic heterocycles. The second-order valence-corrected chi connectivity index (χ2v) is 3.68. The highest BCUT2D eigenvalue weighted by atomic mass is 16.5. The number of ether oxygens (including phenoxy) is 2. The highest BCUT2D eigenvalue weighted by Gasteiger charge is 2.22. The van der Waals surface area contributed by atoms with Gasteiger partial charge >= 0.3 is 5.97 Å². The van der Waals surface area contributed by atoms with Crippen LogP contribution in [0.25, 0.3) is 0 Å². The molecular formula is C10H13N3O4. The third kappa shape index (κ3) is 2.28. The molecule has 0 saturated carbocycles. The lowest BCUT2D eigenvalue weighted by molar-refractivity contribution is -0.137. The number of fused-ring (bicyclic) bond motifs is 1. The first kappa shape index (κ1) is 11.6. The molecular weight excluding hydrogens is 226 g/mol. The second-order valence-electron chi connectivity index (χ2n) is 3.68. The van der Waals surface area contributed by atoms with Gasteiger partial charge in [0.1, 0.15) is 6.04 Å². The Hall–Kier alpha value is -1.89. The second kappa shape index (κ2) is 4.54. The van der Waals surface area contributed by atoms with Crippen LogP contribution in [-0.2, 0) is 22.7 Å². The molecule has 0 aliphatic carbocycles. The predicted octanol–water partition coefficient (Wildman–Crippen LogP) is 0.400. The van der Waals surface area contributed by atoms with E-state index in [0.29, 0.717) is 19.1 Å². The monoisotopic (exact) mass is 239 g/mol. The molecule has 2 rings (SSSR count). The minimum atomic E-state index is -0.968. The highest BCUT2D eigenvalue weighted by molar-refractivity contribution is 5.75. The normalized spacial score (nSPS) is 15.2. The summed E-state index contributed by atoms with van der Waals surface area (Å²) in [5, 5.41) is 11.5. The molecule has 1 unspecified atom stereocenters. The molecule has 0 aromatic carbocycles. The molecule has 92 valence electrons. The molecule has 7 heteroatoms.